The van der Waals surface area contributed by atoms with Crippen molar-refractivity contribution < 1.29 is 27.5 Å². The molecule has 2 amide bonds. The Morgan fingerprint density at radius 2 is 1.92 bits per heavy atom. The minimum atomic E-state index is -4.52. The van der Waals surface area contributed by atoms with Gasteiger partial charge in [-0.2, -0.15) is 13.2 Å². The van der Waals surface area contributed by atoms with Crippen LogP contribution in [0.25, 0.3) is 0 Å². The standard InChI is InChI=1S/C15H12F3N3O3/c1-24-11-4-2-8(13(19)22)6-10(11)14(23)21-12-5-3-9(7-20-12)15(16,17)18/h2-7H,1H3,(H2,19,22)(H,20,21,23). The van der Waals surface area contributed by atoms with E-state index in [9.17, 15) is 22.8 Å². The maximum Gasteiger partial charge on any atom is 0.417 e. The highest BCUT2D eigenvalue weighted by atomic mass is 19.4. The van der Waals surface area contributed by atoms with Gasteiger partial charge in [-0.3, -0.25) is 9.59 Å². The average Bonchev–Trinajstić information content (AvgIpc) is 2.53. The summed E-state index contributed by atoms with van der Waals surface area (Å²) in [7, 11) is 1.33. The summed E-state index contributed by atoms with van der Waals surface area (Å²) in [5.41, 5.74) is 4.30. The second-order valence-electron chi connectivity index (χ2n) is 4.66. The predicted molar refractivity (Wildman–Crippen MR) is 78.7 cm³/mol. The second-order valence-corrected chi connectivity index (χ2v) is 4.66. The molecule has 0 aliphatic carbocycles. The van der Waals surface area contributed by atoms with Gasteiger partial charge >= 0.3 is 6.18 Å². The summed E-state index contributed by atoms with van der Waals surface area (Å²) >= 11 is 0. The van der Waals surface area contributed by atoms with Gasteiger partial charge in [-0.05, 0) is 30.3 Å². The fourth-order valence-electron chi connectivity index (χ4n) is 1.86. The molecular weight excluding hydrogens is 327 g/mol. The maximum atomic E-state index is 12.5. The van der Waals surface area contributed by atoms with Gasteiger partial charge in [0.1, 0.15) is 11.6 Å². The molecule has 0 saturated carbocycles. The van der Waals surface area contributed by atoms with Crippen LogP contribution >= 0.6 is 0 Å². The number of primary amides is 1. The fourth-order valence-corrected chi connectivity index (χ4v) is 1.86. The van der Waals surface area contributed by atoms with Gasteiger partial charge in [0.05, 0.1) is 18.2 Å². The number of rotatable bonds is 4. The first-order valence-corrected chi connectivity index (χ1v) is 6.55. The summed E-state index contributed by atoms with van der Waals surface area (Å²) < 4.78 is 42.5. The Morgan fingerprint density at radius 1 is 1.21 bits per heavy atom. The molecule has 0 aliphatic heterocycles. The number of nitrogens with zero attached hydrogens (tertiary/aromatic N) is 1. The number of carbonyl (C=O) groups excluding carboxylic acids is 2. The van der Waals surface area contributed by atoms with Gasteiger partial charge < -0.3 is 15.8 Å². The number of aromatic nitrogens is 1. The van der Waals surface area contributed by atoms with Crippen molar-refractivity contribution in [3.8, 4) is 5.75 Å². The van der Waals surface area contributed by atoms with Crippen LogP contribution < -0.4 is 15.8 Å². The van der Waals surface area contributed by atoms with Gasteiger partial charge in [-0.1, -0.05) is 0 Å². The lowest BCUT2D eigenvalue weighted by Gasteiger charge is -2.11. The van der Waals surface area contributed by atoms with E-state index in [2.05, 4.69) is 10.3 Å². The lowest BCUT2D eigenvalue weighted by Crippen LogP contribution is -2.17. The van der Waals surface area contributed by atoms with E-state index in [0.29, 0.717) is 6.20 Å². The molecule has 0 unspecified atom stereocenters. The first-order valence-electron chi connectivity index (χ1n) is 6.55. The lowest BCUT2D eigenvalue weighted by molar-refractivity contribution is -0.137. The number of nitrogens with one attached hydrogen (secondary N) is 1. The maximum absolute atomic E-state index is 12.5. The molecule has 0 spiro atoms. The van der Waals surface area contributed by atoms with Gasteiger partial charge in [0.15, 0.2) is 0 Å². The Hall–Kier alpha value is -3.10. The topological polar surface area (TPSA) is 94.3 Å². The first kappa shape index (κ1) is 17.3. The van der Waals surface area contributed by atoms with Gasteiger partial charge in [-0.25, -0.2) is 4.98 Å². The van der Waals surface area contributed by atoms with Crippen LogP contribution in [0.4, 0.5) is 19.0 Å². The van der Waals surface area contributed by atoms with Crippen LogP contribution in [0.2, 0.25) is 0 Å². The van der Waals surface area contributed by atoms with Crippen molar-refractivity contribution in [2.24, 2.45) is 5.73 Å². The van der Waals surface area contributed by atoms with Crippen LogP contribution in [0.5, 0.6) is 5.75 Å². The Kier molecular flexibility index (Phi) is 4.72. The SMILES string of the molecule is COc1ccc(C(N)=O)cc1C(=O)Nc1ccc(C(F)(F)F)cn1. The highest BCUT2D eigenvalue weighted by molar-refractivity contribution is 6.07. The number of methoxy groups -OCH3 is 1. The van der Waals surface area contributed by atoms with E-state index in [-0.39, 0.29) is 22.7 Å². The number of anilines is 1. The normalized spacial score (nSPS) is 11.0. The van der Waals surface area contributed by atoms with Crippen LogP contribution in [-0.4, -0.2) is 23.9 Å². The van der Waals surface area contributed by atoms with Gasteiger partial charge in [0.2, 0.25) is 5.91 Å². The van der Waals surface area contributed by atoms with E-state index >= 15 is 0 Å². The molecule has 1 heterocycles. The number of amides is 2. The Balaban J connectivity index is 2.26. The highest BCUT2D eigenvalue weighted by Crippen LogP contribution is 2.29. The monoisotopic (exact) mass is 339 g/mol. The van der Waals surface area contributed by atoms with Crippen LogP contribution in [0.15, 0.2) is 36.5 Å². The molecule has 1 aromatic carbocycles. The molecule has 0 atom stereocenters. The predicted octanol–water partition coefficient (Wildman–Crippen LogP) is 2.46. The molecule has 1 aromatic heterocycles. The van der Waals surface area contributed by atoms with Crippen molar-refractivity contribution >= 4 is 17.6 Å². The molecular formula is C15H12F3N3O3. The molecule has 2 aromatic rings. The molecule has 9 heteroatoms. The number of alkyl halides is 3. The smallest absolute Gasteiger partial charge is 0.417 e. The summed E-state index contributed by atoms with van der Waals surface area (Å²) in [5.74, 6) is -1.36. The van der Waals surface area contributed by atoms with E-state index in [1.807, 2.05) is 0 Å². The molecule has 0 fully saturated rings. The highest BCUT2D eigenvalue weighted by Gasteiger charge is 2.30. The Labute approximate surface area is 134 Å². The lowest BCUT2D eigenvalue weighted by atomic mass is 10.1. The first-order chi connectivity index (χ1) is 11.2. The van der Waals surface area contributed by atoms with Crippen LogP contribution in [-0.2, 0) is 6.18 Å². The van der Waals surface area contributed by atoms with Crippen molar-refractivity contribution in [1.29, 1.82) is 0 Å². The second kappa shape index (κ2) is 6.57. The summed E-state index contributed by atoms with van der Waals surface area (Å²) in [4.78, 5) is 27.0. The fraction of sp³-hybridized carbons (Fsp3) is 0.133. The van der Waals surface area contributed by atoms with Crippen molar-refractivity contribution in [3.05, 3.63) is 53.2 Å². The molecule has 0 bridgehead atoms. The van der Waals surface area contributed by atoms with Crippen LogP contribution in [0, 0.1) is 0 Å². The van der Waals surface area contributed by atoms with E-state index in [1.165, 1.54) is 25.3 Å². The van der Waals surface area contributed by atoms with Crippen molar-refractivity contribution in [3.63, 3.8) is 0 Å². The number of nitrogens with two attached hydrogens (primary N) is 1. The summed E-state index contributed by atoms with van der Waals surface area (Å²) in [5, 5.41) is 2.33. The third-order valence-electron chi connectivity index (χ3n) is 3.06. The molecule has 3 N–H and O–H groups in total. The number of halogens is 3. The summed E-state index contributed by atoms with van der Waals surface area (Å²) in [6.45, 7) is 0. The van der Waals surface area contributed by atoms with Gasteiger partial charge in [0.25, 0.3) is 5.91 Å². The summed E-state index contributed by atoms with van der Waals surface area (Å²) in [6.07, 6.45) is -3.92. The molecule has 2 rings (SSSR count). The van der Waals surface area contributed by atoms with Crippen LogP contribution in [0.3, 0.4) is 0 Å². The van der Waals surface area contributed by atoms with Crippen molar-refractivity contribution in [2.75, 3.05) is 12.4 Å². The van der Waals surface area contributed by atoms with E-state index < -0.39 is 23.6 Å². The van der Waals surface area contributed by atoms with E-state index in [4.69, 9.17) is 10.5 Å². The minimum absolute atomic E-state index is 0.00417. The molecule has 0 aliphatic rings. The number of pyridine rings is 1. The third kappa shape index (κ3) is 3.80. The van der Waals surface area contributed by atoms with Crippen LogP contribution in [0.1, 0.15) is 26.3 Å². The molecule has 6 nitrogen and oxygen atoms in total. The quantitative estimate of drug-likeness (QED) is 0.895. The minimum Gasteiger partial charge on any atom is -0.496 e. The van der Waals surface area contributed by atoms with E-state index in [1.54, 1.807) is 0 Å². The number of benzene rings is 1. The zero-order valence-electron chi connectivity index (χ0n) is 12.3. The number of ether oxygens (including phenoxy) is 1. The number of hydrogen-bond acceptors (Lipinski definition) is 4. The third-order valence-corrected chi connectivity index (χ3v) is 3.06. The zero-order chi connectivity index (χ0) is 17.9. The van der Waals surface area contributed by atoms with Gasteiger partial charge in [-0.15, -0.1) is 0 Å². The molecule has 24 heavy (non-hydrogen) atoms. The molecule has 0 saturated heterocycles. The largest absolute Gasteiger partial charge is 0.496 e. The average molecular weight is 339 g/mol. The van der Waals surface area contributed by atoms with Crippen molar-refractivity contribution in [1.82, 2.24) is 4.98 Å². The Bertz CT molecular complexity index is 774. The van der Waals surface area contributed by atoms with Crippen molar-refractivity contribution in [2.45, 2.75) is 6.18 Å². The van der Waals surface area contributed by atoms with E-state index in [0.717, 1.165) is 12.1 Å². The number of carbonyl (C=O) groups is 2. The molecule has 126 valence electrons. The summed E-state index contributed by atoms with van der Waals surface area (Å²) in [6, 6.07) is 5.80. The van der Waals surface area contributed by atoms with Gasteiger partial charge in [0, 0.05) is 11.8 Å². The molecule has 0 radical (unpaired) electrons. The Morgan fingerprint density at radius 3 is 2.42 bits per heavy atom. The zero-order valence-corrected chi connectivity index (χ0v) is 12.3. The number of hydrogen-bond donors (Lipinski definition) is 2.